The zero-order valence-electron chi connectivity index (χ0n) is 10.9. The average molecular weight is 387 g/mol. The lowest BCUT2D eigenvalue weighted by Crippen LogP contribution is -2.47. The highest BCUT2D eigenvalue weighted by Crippen LogP contribution is 2.49. The Morgan fingerprint density at radius 3 is 1.24 bits per heavy atom. The van der Waals surface area contributed by atoms with Gasteiger partial charge in [-0.25, -0.2) is 26.9 Å². The van der Waals surface area contributed by atoms with E-state index in [2.05, 4.69) is 0 Å². The van der Waals surface area contributed by atoms with Crippen LogP contribution >= 0.6 is 0 Å². The molecule has 1 fully saturated rings. The number of alkyl halides is 6. The van der Waals surface area contributed by atoms with Gasteiger partial charge < -0.3 is 0 Å². The van der Waals surface area contributed by atoms with E-state index in [1.165, 1.54) is 0 Å². The Hall–Kier alpha value is -2.41. The summed E-state index contributed by atoms with van der Waals surface area (Å²) in [5.74, 6) is -34.7. The lowest BCUT2D eigenvalue weighted by molar-refractivity contribution is -0.192. The number of amides is 2. The van der Waals surface area contributed by atoms with Crippen molar-refractivity contribution in [1.29, 1.82) is 0 Å². The molecule has 0 aliphatic carbocycles. The number of likely N-dealkylation sites (tertiary alicyclic amines) is 1. The van der Waals surface area contributed by atoms with Gasteiger partial charge in [-0.15, -0.1) is 0 Å². The molecular formula is C11F11NO2. The molecule has 1 aliphatic rings. The smallest absolute Gasteiger partial charge is 0.267 e. The van der Waals surface area contributed by atoms with Crippen LogP contribution in [0.2, 0.25) is 0 Å². The maximum absolute atomic E-state index is 13.9. The van der Waals surface area contributed by atoms with Gasteiger partial charge in [0.05, 0.1) is 0 Å². The van der Waals surface area contributed by atoms with Crippen molar-refractivity contribution in [2.24, 2.45) is 0 Å². The molecular weight excluding hydrogens is 387 g/mol. The Balaban J connectivity index is 2.78. The predicted octanol–water partition coefficient (Wildman–Crippen LogP) is 3.07. The van der Waals surface area contributed by atoms with Crippen LogP contribution in [0, 0.1) is 29.1 Å². The molecule has 2 rings (SSSR count). The van der Waals surface area contributed by atoms with E-state index < -0.39 is 69.3 Å². The second-order valence-corrected chi connectivity index (χ2v) is 4.58. The predicted molar refractivity (Wildman–Crippen MR) is 51.9 cm³/mol. The van der Waals surface area contributed by atoms with Crippen LogP contribution in [0.4, 0.5) is 48.3 Å². The molecule has 0 spiro atoms. The molecule has 0 radical (unpaired) electrons. The minimum atomic E-state index is -6.04. The third-order valence-electron chi connectivity index (χ3n) is 3.13. The van der Waals surface area contributed by atoms with Gasteiger partial charge in [0.15, 0.2) is 23.3 Å². The Morgan fingerprint density at radius 1 is 0.640 bits per heavy atom. The van der Waals surface area contributed by atoms with Crippen LogP contribution in [-0.4, -0.2) is 28.6 Å². The molecule has 0 aromatic heterocycles. The third kappa shape index (κ3) is 2.12. The van der Waals surface area contributed by atoms with Crippen LogP contribution in [0.25, 0.3) is 0 Å². The van der Waals surface area contributed by atoms with E-state index in [0.29, 0.717) is 0 Å². The highest BCUT2D eigenvalue weighted by atomic mass is 19.3. The second-order valence-electron chi connectivity index (χ2n) is 4.58. The Morgan fingerprint density at radius 2 is 0.920 bits per heavy atom. The minimum Gasteiger partial charge on any atom is -0.267 e. The van der Waals surface area contributed by atoms with Crippen molar-refractivity contribution in [2.45, 2.75) is 17.9 Å². The SMILES string of the molecule is O=C1N(C(F)(F)c2c(F)c(F)c(F)c(F)c2F)C(=O)C(F)(F)C1(F)F. The molecule has 138 valence electrons. The van der Waals surface area contributed by atoms with E-state index in [-0.39, 0.29) is 0 Å². The van der Waals surface area contributed by atoms with Crippen molar-refractivity contribution in [1.82, 2.24) is 4.90 Å². The van der Waals surface area contributed by atoms with Gasteiger partial charge in [0.1, 0.15) is 5.56 Å². The maximum Gasteiger partial charge on any atom is 0.396 e. The normalized spacial score (nSPS) is 19.7. The summed E-state index contributed by atoms with van der Waals surface area (Å²) in [7, 11) is 0. The lowest BCUT2D eigenvalue weighted by atomic mass is 10.1. The molecule has 2 amide bonds. The fraction of sp³-hybridized carbons (Fsp3) is 0.273. The fourth-order valence-electron chi connectivity index (χ4n) is 1.88. The van der Waals surface area contributed by atoms with Gasteiger partial charge in [-0.2, -0.15) is 26.3 Å². The zero-order chi connectivity index (χ0) is 19.7. The summed E-state index contributed by atoms with van der Waals surface area (Å²) in [6, 6.07) is -6.04. The number of imide groups is 1. The first-order valence-corrected chi connectivity index (χ1v) is 5.66. The summed E-state index contributed by atoms with van der Waals surface area (Å²) in [5.41, 5.74) is -3.22. The van der Waals surface area contributed by atoms with Crippen LogP contribution in [0.15, 0.2) is 0 Å². The van der Waals surface area contributed by atoms with Crippen molar-refractivity contribution < 1.29 is 57.9 Å². The van der Waals surface area contributed by atoms with Gasteiger partial charge in [0.25, 0.3) is 0 Å². The summed E-state index contributed by atoms with van der Waals surface area (Å²) >= 11 is 0. The Kier molecular flexibility index (Phi) is 3.82. The quantitative estimate of drug-likeness (QED) is 0.257. The molecule has 0 unspecified atom stereocenters. The minimum absolute atomic E-state index is 2.24. The summed E-state index contributed by atoms with van der Waals surface area (Å²) in [6.45, 7) is 0. The fourth-order valence-corrected chi connectivity index (χ4v) is 1.88. The van der Waals surface area contributed by atoms with Gasteiger partial charge in [0, 0.05) is 0 Å². The molecule has 0 bridgehead atoms. The average Bonchev–Trinajstić information content (AvgIpc) is 2.61. The summed E-state index contributed by atoms with van der Waals surface area (Å²) < 4.78 is 145. The van der Waals surface area contributed by atoms with Gasteiger partial charge in [0.2, 0.25) is 5.82 Å². The van der Waals surface area contributed by atoms with E-state index >= 15 is 0 Å². The number of rotatable bonds is 2. The Bertz CT molecular complexity index is 749. The number of carbonyl (C=O) groups is 2. The summed E-state index contributed by atoms with van der Waals surface area (Å²) in [4.78, 5) is 19.8. The molecule has 3 nitrogen and oxygen atoms in total. The van der Waals surface area contributed by atoms with Crippen LogP contribution in [0.3, 0.4) is 0 Å². The first kappa shape index (κ1) is 18.9. The maximum atomic E-state index is 13.9. The molecule has 0 atom stereocenters. The molecule has 1 saturated heterocycles. The zero-order valence-corrected chi connectivity index (χ0v) is 10.9. The molecule has 1 aromatic carbocycles. The highest BCUT2D eigenvalue weighted by molar-refractivity contribution is 6.11. The molecule has 1 aromatic rings. The highest BCUT2D eigenvalue weighted by Gasteiger charge is 2.80. The number of carbonyl (C=O) groups excluding carboxylic acids is 2. The van der Waals surface area contributed by atoms with Gasteiger partial charge >= 0.3 is 29.7 Å². The monoisotopic (exact) mass is 387 g/mol. The van der Waals surface area contributed by atoms with Crippen LogP contribution in [0.5, 0.6) is 0 Å². The number of hydrogen-bond donors (Lipinski definition) is 0. The van der Waals surface area contributed by atoms with Gasteiger partial charge in [-0.1, -0.05) is 0 Å². The molecule has 14 heteroatoms. The molecule has 1 heterocycles. The van der Waals surface area contributed by atoms with E-state index in [1.807, 2.05) is 0 Å². The van der Waals surface area contributed by atoms with Crippen molar-refractivity contribution in [3.8, 4) is 0 Å². The van der Waals surface area contributed by atoms with E-state index in [9.17, 15) is 57.9 Å². The van der Waals surface area contributed by atoms with E-state index in [0.717, 1.165) is 0 Å². The van der Waals surface area contributed by atoms with Crippen LogP contribution in [0.1, 0.15) is 5.56 Å². The van der Waals surface area contributed by atoms with E-state index in [1.54, 1.807) is 0 Å². The van der Waals surface area contributed by atoms with Crippen molar-refractivity contribution >= 4 is 11.8 Å². The van der Waals surface area contributed by atoms with Crippen LogP contribution in [-0.2, 0) is 15.6 Å². The van der Waals surface area contributed by atoms with Crippen molar-refractivity contribution in [3.05, 3.63) is 34.6 Å². The first-order valence-electron chi connectivity index (χ1n) is 5.66. The van der Waals surface area contributed by atoms with Crippen molar-refractivity contribution in [2.75, 3.05) is 0 Å². The standard InChI is InChI=1S/C11F11NO2/c12-2-1(3(13)5(15)6(16)4(2)14)11(21,22)23-7(24)9(17,18)10(19,20)8(23)25. The number of benzene rings is 1. The van der Waals surface area contributed by atoms with Crippen molar-refractivity contribution in [3.63, 3.8) is 0 Å². The van der Waals surface area contributed by atoms with Gasteiger partial charge in [-0.05, 0) is 0 Å². The lowest BCUT2D eigenvalue weighted by Gasteiger charge is -2.26. The number of halogens is 11. The largest absolute Gasteiger partial charge is 0.396 e. The van der Waals surface area contributed by atoms with Crippen LogP contribution < -0.4 is 0 Å². The Labute approximate surface area is 128 Å². The number of hydrogen-bond acceptors (Lipinski definition) is 2. The number of nitrogens with zero attached hydrogens (tertiary/aromatic N) is 1. The topological polar surface area (TPSA) is 37.4 Å². The summed E-state index contributed by atoms with van der Waals surface area (Å²) in [6.07, 6.45) is 0. The molecule has 0 saturated carbocycles. The molecule has 0 N–H and O–H groups in total. The van der Waals surface area contributed by atoms with Gasteiger partial charge in [-0.3, -0.25) is 9.59 Å². The van der Waals surface area contributed by atoms with E-state index in [4.69, 9.17) is 0 Å². The summed E-state index contributed by atoms with van der Waals surface area (Å²) in [5, 5.41) is 0. The first-order chi connectivity index (χ1) is 11.1. The second kappa shape index (κ2) is 5.05. The molecule has 25 heavy (non-hydrogen) atoms. The molecule has 1 aliphatic heterocycles. The third-order valence-corrected chi connectivity index (χ3v) is 3.13.